The van der Waals surface area contributed by atoms with Crippen LogP contribution in [-0.2, 0) is 13.0 Å². The zero-order chi connectivity index (χ0) is 13.9. The molecule has 1 atom stereocenters. The van der Waals surface area contributed by atoms with Gasteiger partial charge in [-0.25, -0.2) is 9.78 Å². The minimum Gasteiger partial charge on any atom is -0.478 e. The third-order valence-corrected chi connectivity index (χ3v) is 4.16. The van der Waals surface area contributed by atoms with E-state index < -0.39 is 5.97 Å². The van der Waals surface area contributed by atoms with Gasteiger partial charge in [0.25, 0.3) is 0 Å². The predicted molar refractivity (Wildman–Crippen MR) is 75.9 cm³/mol. The third kappa shape index (κ3) is 2.46. The highest BCUT2D eigenvalue weighted by Gasteiger charge is 2.23. The molecule has 1 aliphatic rings. The van der Waals surface area contributed by atoms with E-state index in [-0.39, 0.29) is 0 Å². The standard InChI is InChI=1S/C16H18N2O2/c19-16(20)15-6-2-4-13-12(3-1-5-14(13)15)7-9-18-10-8-17-11-18/h2,4,6,8,10-12H,1,3,5,7,9H2,(H,19,20). The lowest BCUT2D eigenvalue weighted by Gasteiger charge is -2.26. The number of hydrogen-bond acceptors (Lipinski definition) is 2. The van der Waals surface area contributed by atoms with Gasteiger partial charge in [-0.1, -0.05) is 12.1 Å². The summed E-state index contributed by atoms with van der Waals surface area (Å²) in [7, 11) is 0. The van der Waals surface area contributed by atoms with Crippen LogP contribution in [0.5, 0.6) is 0 Å². The Hall–Kier alpha value is -2.10. The number of aromatic nitrogens is 2. The molecule has 104 valence electrons. The van der Waals surface area contributed by atoms with E-state index in [2.05, 4.69) is 15.6 Å². The second kappa shape index (κ2) is 5.49. The molecule has 0 saturated carbocycles. The second-order valence-corrected chi connectivity index (χ2v) is 5.36. The van der Waals surface area contributed by atoms with Crippen LogP contribution < -0.4 is 0 Å². The van der Waals surface area contributed by atoms with Gasteiger partial charge in [0, 0.05) is 18.9 Å². The Morgan fingerprint density at radius 1 is 1.45 bits per heavy atom. The van der Waals surface area contributed by atoms with E-state index in [0.717, 1.165) is 37.8 Å². The Bertz CT molecular complexity index is 605. The van der Waals surface area contributed by atoms with Gasteiger partial charge in [0.1, 0.15) is 0 Å². The Morgan fingerprint density at radius 3 is 3.10 bits per heavy atom. The van der Waals surface area contributed by atoms with Crippen molar-refractivity contribution in [3.63, 3.8) is 0 Å². The van der Waals surface area contributed by atoms with Gasteiger partial charge in [-0.05, 0) is 48.8 Å². The van der Waals surface area contributed by atoms with Gasteiger partial charge in [0.05, 0.1) is 11.9 Å². The van der Waals surface area contributed by atoms with Gasteiger partial charge in [-0.15, -0.1) is 0 Å². The molecule has 0 fully saturated rings. The molecule has 4 heteroatoms. The molecule has 4 nitrogen and oxygen atoms in total. The summed E-state index contributed by atoms with van der Waals surface area (Å²) in [6.45, 7) is 0.932. The monoisotopic (exact) mass is 270 g/mol. The smallest absolute Gasteiger partial charge is 0.335 e. The van der Waals surface area contributed by atoms with E-state index in [4.69, 9.17) is 0 Å². The lowest BCUT2D eigenvalue weighted by Crippen LogP contribution is -2.15. The van der Waals surface area contributed by atoms with Crippen molar-refractivity contribution in [2.24, 2.45) is 0 Å². The van der Waals surface area contributed by atoms with E-state index in [1.807, 2.05) is 18.6 Å². The Labute approximate surface area is 118 Å². The average Bonchev–Trinajstić information content (AvgIpc) is 2.97. The fraction of sp³-hybridized carbons (Fsp3) is 0.375. The normalized spacial score (nSPS) is 17.7. The van der Waals surface area contributed by atoms with Gasteiger partial charge in [-0.2, -0.15) is 0 Å². The van der Waals surface area contributed by atoms with Crippen LogP contribution in [0.4, 0.5) is 0 Å². The summed E-state index contributed by atoms with van der Waals surface area (Å²) in [5.41, 5.74) is 2.76. The number of benzene rings is 1. The van der Waals surface area contributed by atoms with Crippen LogP contribution in [0.1, 0.15) is 46.7 Å². The Morgan fingerprint density at radius 2 is 2.35 bits per heavy atom. The fourth-order valence-electron chi connectivity index (χ4n) is 3.17. The van der Waals surface area contributed by atoms with Crippen molar-refractivity contribution in [2.75, 3.05) is 0 Å². The number of imidazole rings is 1. The molecule has 2 aromatic rings. The number of aryl methyl sites for hydroxylation is 1. The number of nitrogens with zero attached hydrogens (tertiary/aromatic N) is 2. The maximum absolute atomic E-state index is 11.3. The number of carboxylic acids is 1. The van der Waals surface area contributed by atoms with Gasteiger partial charge in [0.2, 0.25) is 0 Å². The molecular formula is C16H18N2O2. The van der Waals surface area contributed by atoms with Crippen LogP contribution >= 0.6 is 0 Å². The molecule has 1 unspecified atom stereocenters. The molecule has 1 aromatic heterocycles. The zero-order valence-electron chi connectivity index (χ0n) is 11.3. The molecule has 1 heterocycles. The van der Waals surface area contributed by atoms with Crippen molar-refractivity contribution in [2.45, 2.75) is 38.1 Å². The van der Waals surface area contributed by atoms with Gasteiger partial charge >= 0.3 is 5.97 Å². The van der Waals surface area contributed by atoms with Crippen molar-refractivity contribution in [1.29, 1.82) is 0 Å². The summed E-state index contributed by atoms with van der Waals surface area (Å²) in [6, 6.07) is 5.69. The first-order valence-electron chi connectivity index (χ1n) is 7.06. The van der Waals surface area contributed by atoms with E-state index >= 15 is 0 Å². The van der Waals surface area contributed by atoms with Crippen molar-refractivity contribution >= 4 is 5.97 Å². The fourth-order valence-corrected chi connectivity index (χ4v) is 3.17. The quantitative estimate of drug-likeness (QED) is 0.928. The highest BCUT2D eigenvalue weighted by Crippen LogP contribution is 2.35. The highest BCUT2D eigenvalue weighted by molar-refractivity contribution is 5.90. The van der Waals surface area contributed by atoms with Gasteiger partial charge < -0.3 is 9.67 Å². The molecule has 3 rings (SSSR count). The topological polar surface area (TPSA) is 55.1 Å². The van der Waals surface area contributed by atoms with Crippen LogP contribution in [0.25, 0.3) is 0 Å². The van der Waals surface area contributed by atoms with Gasteiger partial charge in [-0.3, -0.25) is 0 Å². The van der Waals surface area contributed by atoms with Crippen LogP contribution in [0.3, 0.4) is 0 Å². The number of carbonyl (C=O) groups is 1. The molecule has 0 radical (unpaired) electrons. The maximum atomic E-state index is 11.3. The first kappa shape index (κ1) is 12.9. The summed E-state index contributed by atoms with van der Waals surface area (Å²) in [5.74, 6) is -0.349. The number of fused-ring (bicyclic) bond motifs is 1. The molecule has 0 aliphatic heterocycles. The predicted octanol–water partition coefficient (Wildman–Crippen LogP) is 3.09. The zero-order valence-corrected chi connectivity index (χ0v) is 11.3. The van der Waals surface area contributed by atoms with Crippen LogP contribution in [0.15, 0.2) is 36.9 Å². The molecule has 1 N–H and O–H groups in total. The molecule has 0 amide bonds. The van der Waals surface area contributed by atoms with Gasteiger partial charge in [0.15, 0.2) is 0 Å². The Kier molecular flexibility index (Phi) is 3.54. The van der Waals surface area contributed by atoms with Crippen molar-refractivity contribution in [1.82, 2.24) is 9.55 Å². The molecule has 1 aliphatic carbocycles. The maximum Gasteiger partial charge on any atom is 0.335 e. The highest BCUT2D eigenvalue weighted by atomic mass is 16.4. The number of rotatable bonds is 4. The van der Waals surface area contributed by atoms with Crippen LogP contribution in [0.2, 0.25) is 0 Å². The number of aromatic carboxylic acids is 1. The SMILES string of the molecule is O=C(O)c1cccc2c1CCCC2CCn1ccnc1. The van der Waals surface area contributed by atoms with Crippen LogP contribution in [0, 0.1) is 0 Å². The summed E-state index contributed by atoms with van der Waals surface area (Å²) < 4.78 is 2.08. The minimum absolute atomic E-state index is 0.459. The summed E-state index contributed by atoms with van der Waals surface area (Å²) in [4.78, 5) is 15.4. The number of hydrogen-bond donors (Lipinski definition) is 1. The summed E-state index contributed by atoms with van der Waals surface area (Å²) in [5, 5.41) is 9.29. The Balaban J connectivity index is 1.83. The molecule has 1 aromatic carbocycles. The molecule has 20 heavy (non-hydrogen) atoms. The largest absolute Gasteiger partial charge is 0.478 e. The van der Waals surface area contributed by atoms with E-state index in [0.29, 0.717) is 11.5 Å². The molecule has 0 bridgehead atoms. The minimum atomic E-state index is -0.808. The summed E-state index contributed by atoms with van der Waals surface area (Å²) in [6.07, 6.45) is 9.73. The van der Waals surface area contributed by atoms with E-state index in [1.165, 1.54) is 5.56 Å². The average molecular weight is 270 g/mol. The number of carboxylic acid groups (broad SMARTS) is 1. The molecule has 0 saturated heterocycles. The van der Waals surface area contributed by atoms with Crippen molar-refractivity contribution in [3.05, 3.63) is 53.6 Å². The second-order valence-electron chi connectivity index (χ2n) is 5.36. The van der Waals surface area contributed by atoms with E-state index in [1.54, 1.807) is 12.3 Å². The molecular weight excluding hydrogens is 252 g/mol. The van der Waals surface area contributed by atoms with Crippen molar-refractivity contribution < 1.29 is 9.90 Å². The van der Waals surface area contributed by atoms with Crippen molar-refractivity contribution in [3.8, 4) is 0 Å². The first-order valence-corrected chi connectivity index (χ1v) is 7.06. The van der Waals surface area contributed by atoms with Crippen LogP contribution in [-0.4, -0.2) is 20.6 Å². The third-order valence-electron chi connectivity index (χ3n) is 4.16. The lowest BCUT2D eigenvalue weighted by atomic mass is 9.79. The summed E-state index contributed by atoms with van der Waals surface area (Å²) >= 11 is 0. The molecule has 0 spiro atoms. The van der Waals surface area contributed by atoms with E-state index in [9.17, 15) is 9.90 Å². The lowest BCUT2D eigenvalue weighted by molar-refractivity contribution is 0.0695. The first-order chi connectivity index (χ1) is 9.75.